The average molecular weight is 419 g/mol. The van der Waals surface area contributed by atoms with Crippen LogP contribution in [0.4, 0.5) is 5.69 Å². The third kappa shape index (κ3) is 4.43. The van der Waals surface area contributed by atoms with E-state index in [-0.39, 0.29) is 19.1 Å². The number of thiophene rings is 1. The van der Waals surface area contributed by atoms with E-state index < -0.39 is 5.97 Å². The summed E-state index contributed by atoms with van der Waals surface area (Å²) in [7, 11) is 0. The molecule has 6 nitrogen and oxygen atoms in total. The van der Waals surface area contributed by atoms with E-state index in [1.165, 1.54) is 11.3 Å². The topological polar surface area (TPSA) is 77.5 Å². The summed E-state index contributed by atoms with van der Waals surface area (Å²) in [5, 5.41) is 4.11. The molecule has 0 saturated heterocycles. The number of nitrogens with zero attached hydrogens (tertiary/aromatic N) is 1. The Bertz CT molecular complexity index is 1030. The van der Waals surface area contributed by atoms with Crippen molar-refractivity contribution in [1.29, 1.82) is 0 Å². The quantitative estimate of drug-likeness (QED) is 0.584. The Balaban J connectivity index is 1.87. The minimum atomic E-state index is -0.489. The fraction of sp³-hybridized carbons (Fsp3) is 0.250. The fourth-order valence-electron chi connectivity index (χ4n) is 2.76. The number of nitrogens with one attached hydrogen (secondary N) is 1. The molecule has 0 spiro atoms. The number of anilines is 1. The summed E-state index contributed by atoms with van der Waals surface area (Å²) in [6.45, 7) is 5.56. The van der Waals surface area contributed by atoms with Crippen LogP contribution in [0.5, 0.6) is 5.75 Å². The highest BCUT2D eigenvalue weighted by Gasteiger charge is 2.23. The molecule has 0 aliphatic rings. The summed E-state index contributed by atoms with van der Waals surface area (Å²) in [4.78, 5) is 30.3. The maximum atomic E-state index is 12.5. The molecule has 2 aromatic heterocycles. The van der Waals surface area contributed by atoms with Gasteiger partial charge in [0.1, 0.15) is 15.5 Å². The Morgan fingerprint density at radius 3 is 2.61 bits per heavy atom. The van der Waals surface area contributed by atoms with E-state index in [4.69, 9.17) is 21.1 Å². The van der Waals surface area contributed by atoms with Gasteiger partial charge in [0.25, 0.3) is 5.91 Å². The van der Waals surface area contributed by atoms with Gasteiger partial charge in [-0.3, -0.25) is 4.79 Å². The van der Waals surface area contributed by atoms with E-state index >= 15 is 0 Å². The van der Waals surface area contributed by atoms with Gasteiger partial charge in [0.05, 0.1) is 12.3 Å². The number of fused-ring (bicyclic) bond motifs is 1. The SMILES string of the molecule is CCOC(=O)c1sc2nc(C)cc(C)c2c1NC(=O)COc1ccc(Cl)cc1. The number of ether oxygens (including phenoxy) is 2. The molecule has 1 aromatic carbocycles. The summed E-state index contributed by atoms with van der Waals surface area (Å²) in [6.07, 6.45) is 0. The van der Waals surface area contributed by atoms with Crippen molar-refractivity contribution >= 4 is 50.7 Å². The first kappa shape index (κ1) is 20.1. The number of amides is 1. The summed E-state index contributed by atoms with van der Waals surface area (Å²) < 4.78 is 10.6. The second-order valence-electron chi connectivity index (χ2n) is 6.08. The summed E-state index contributed by atoms with van der Waals surface area (Å²) >= 11 is 7.04. The second-order valence-corrected chi connectivity index (χ2v) is 7.51. The molecule has 146 valence electrons. The van der Waals surface area contributed by atoms with Gasteiger partial charge >= 0.3 is 5.97 Å². The van der Waals surface area contributed by atoms with E-state index in [9.17, 15) is 9.59 Å². The van der Waals surface area contributed by atoms with Crippen LogP contribution in [0.1, 0.15) is 27.9 Å². The van der Waals surface area contributed by atoms with Gasteiger partial charge in [-0.1, -0.05) is 11.6 Å². The third-order valence-electron chi connectivity index (χ3n) is 3.90. The molecule has 28 heavy (non-hydrogen) atoms. The summed E-state index contributed by atoms with van der Waals surface area (Å²) in [5.74, 6) is -0.356. The van der Waals surface area contributed by atoms with Crippen LogP contribution in [-0.4, -0.2) is 30.1 Å². The molecule has 0 fully saturated rings. The number of aromatic nitrogens is 1. The Labute approximate surface area is 171 Å². The lowest BCUT2D eigenvalue weighted by Gasteiger charge is -2.10. The zero-order chi connectivity index (χ0) is 20.3. The Morgan fingerprint density at radius 1 is 1.21 bits per heavy atom. The summed E-state index contributed by atoms with van der Waals surface area (Å²) in [5.41, 5.74) is 2.17. The molecular weight excluding hydrogens is 400 g/mol. The molecule has 0 radical (unpaired) electrons. The van der Waals surface area contributed by atoms with Gasteiger partial charge in [-0.2, -0.15) is 0 Å². The van der Waals surface area contributed by atoms with E-state index in [1.807, 2.05) is 19.9 Å². The van der Waals surface area contributed by atoms with Gasteiger partial charge in [-0.25, -0.2) is 9.78 Å². The molecule has 8 heteroatoms. The van der Waals surface area contributed by atoms with Crippen LogP contribution in [-0.2, 0) is 9.53 Å². The number of pyridine rings is 1. The van der Waals surface area contributed by atoms with Crippen molar-refractivity contribution in [2.24, 2.45) is 0 Å². The van der Waals surface area contributed by atoms with Crippen molar-refractivity contribution in [3.05, 3.63) is 51.5 Å². The van der Waals surface area contributed by atoms with Gasteiger partial charge < -0.3 is 14.8 Å². The lowest BCUT2D eigenvalue weighted by Crippen LogP contribution is -2.21. The number of aryl methyl sites for hydroxylation is 2. The van der Waals surface area contributed by atoms with E-state index in [0.717, 1.165) is 16.6 Å². The van der Waals surface area contributed by atoms with Crippen molar-refractivity contribution < 1.29 is 19.1 Å². The minimum Gasteiger partial charge on any atom is -0.484 e. The molecule has 0 aliphatic carbocycles. The van der Waals surface area contributed by atoms with Crippen molar-refractivity contribution in [3.8, 4) is 5.75 Å². The first-order chi connectivity index (χ1) is 13.4. The molecule has 1 amide bonds. The molecule has 0 atom stereocenters. The molecule has 3 aromatic rings. The monoisotopic (exact) mass is 418 g/mol. The van der Waals surface area contributed by atoms with Crippen molar-refractivity contribution in [2.75, 3.05) is 18.5 Å². The van der Waals surface area contributed by atoms with Crippen molar-refractivity contribution in [3.63, 3.8) is 0 Å². The lowest BCUT2D eigenvalue weighted by molar-refractivity contribution is -0.118. The second kappa shape index (κ2) is 8.58. The van der Waals surface area contributed by atoms with Crippen LogP contribution in [0, 0.1) is 13.8 Å². The molecular formula is C20H19ClN2O4S. The number of halogens is 1. The average Bonchev–Trinajstić information content (AvgIpc) is 3.00. The molecule has 0 saturated carbocycles. The van der Waals surface area contributed by atoms with Gasteiger partial charge in [0.2, 0.25) is 0 Å². The van der Waals surface area contributed by atoms with Crippen LogP contribution in [0.2, 0.25) is 5.02 Å². The highest BCUT2D eigenvalue weighted by molar-refractivity contribution is 7.21. The van der Waals surface area contributed by atoms with Crippen molar-refractivity contribution in [2.45, 2.75) is 20.8 Å². The van der Waals surface area contributed by atoms with Crippen LogP contribution < -0.4 is 10.1 Å². The van der Waals surface area contributed by atoms with E-state index in [1.54, 1.807) is 31.2 Å². The first-order valence-electron chi connectivity index (χ1n) is 8.65. The van der Waals surface area contributed by atoms with Crippen LogP contribution in [0.3, 0.4) is 0 Å². The predicted octanol–water partition coefficient (Wildman–Crippen LogP) is 4.76. The number of carbonyl (C=O) groups excluding carboxylic acids is 2. The Morgan fingerprint density at radius 2 is 1.93 bits per heavy atom. The Hall–Kier alpha value is -2.64. The molecule has 3 rings (SSSR count). The third-order valence-corrected chi connectivity index (χ3v) is 5.21. The molecule has 2 heterocycles. The van der Waals surface area contributed by atoms with Gasteiger partial charge in [0.15, 0.2) is 6.61 Å². The fourth-order valence-corrected chi connectivity index (χ4v) is 4.03. The number of hydrogen-bond donors (Lipinski definition) is 1. The van der Waals surface area contributed by atoms with Crippen molar-refractivity contribution in [1.82, 2.24) is 4.98 Å². The molecule has 0 unspecified atom stereocenters. The normalized spacial score (nSPS) is 10.7. The highest BCUT2D eigenvalue weighted by atomic mass is 35.5. The van der Waals surface area contributed by atoms with E-state index in [2.05, 4.69) is 10.3 Å². The van der Waals surface area contributed by atoms with Crippen LogP contribution >= 0.6 is 22.9 Å². The van der Waals surface area contributed by atoms with Crippen LogP contribution in [0.25, 0.3) is 10.2 Å². The minimum absolute atomic E-state index is 0.209. The number of benzene rings is 1. The van der Waals surface area contributed by atoms with Gasteiger partial charge in [0, 0.05) is 16.1 Å². The highest BCUT2D eigenvalue weighted by Crippen LogP contribution is 2.37. The molecule has 0 bridgehead atoms. The standard InChI is InChI=1S/C20H19ClN2O4S/c1-4-26-20(25)18-17(16-11(2)9-12(3)22-19(16)28-18)23-15(24)10-27-14-7-5-13(21)6-8-14/h5-9H,4,10H2,1-3H3,(H,23,24). The predicted molar refractivity (Wildman–Crippen MR) is 111 cm³/mol. The molecule has 0 aliphatic heterocycles. The number of rotatable bonds is 6. The summed E-state index contributed by atoms with van der Waals surface area (Å²) in [6, 6.07) is 8.62. The maximum Gasteiger partial charge on any atom is 0.350 e. The number of hydrogen-bond acceptors (Lipinski definition) is 6. The Kier molecular flexibility index (Phi) is 6.16. The van der Waals surface area contributed by atoms with Gasteiger partial charge in [-0.15, -0.1) is 11.3 Å². The smallest absolute Gasteiger partial charge is 0.350 e. The maximum absolute atomic E-state index is 12.5. The first-order valence-corrected chi connectivity index (χ1v) is 9.84. The largest absolute Gasteiger partial charge is 0.484 e. The number of carbonyl (C=O) groups is 2. The van der Waals surface area contributed by atoms with Gasteiger partial charge in [-0.05, 0) is 56.7 Å². The zero-order valence-corrected chi connectivity index (χ0v) is 17.2. The molecule has 1 N–H and O–H groups in total. The number of esters is 1. The zero-order valence-electron chi connectivity index (χ0n) is 15.7. The van der Waals surface area contributed by atoms with E-state index in [0.29, 0.717) is 26.2 Å². The lowest BCUT2D eigenvalue weighted by atomic mass is 10.1. The van der Waals surface area contributed by atoms with Crippen LogP contribution in [0.15, 0.2) is 30.3 Å².